The number of ether oxygens (including phenoxy) is 2. The molecule has 13 heteroatoms. The molecule has 1 saturated heterocycles. The molecule has 28 heavy (non-hydrogen) atoms. The first kappa shape index (κ1) is 22.0. The molecular weight excluding hydrogens is 400 g/mol. The van der Waals surface area contributed by atoms with Crippen LogP contribution in [0.5, 0.6) is 0 Å². The maximum Gasteiger partial charge on any atom is 0.423 e. The highest BCUT2D eigenvalue weighted by molar-refractivity contribution is 5.69. The average molecular weight is 417 g/mol. The van der Waals surface area contributed by atoms with E-state index in [4.69, 9.17) is 4.74 Å². The van der Waals surface area contributed by atoms with Crippen molar-refractivity contribution < 1.29 is 40.6 Å². The van der Waals surface area contributed by atoms with Gasteiger partial charge >= 0.3 is 18.3 Å². The van der Waals surface area contributed by atoms with E-state index in [1.54, 1.807) is 5.10 Å². The topological polar surface area (TPSA) is 84.5 Å². The summed E-state index contributed by atoms with van der Waals surface area (Å²) in [5.74, 6) is -2.50. The number of carbonyl (C=O) groups is 1. The van der Waals surface area contributed by atoms with E-state index in [0.29, 0.717) is 6.20 Å². The van der Waals surface area contributed by atoms with Crippen LogP contribution in [0, 0.1) is 5.92 Å². The van der Waals surface area contributed by atoms with Gasteiger partial charge in [0, 0.05) is 6.54 Å². The van der Waals surface area contributed by atoms with Crippen LogP contribution in [0.15, 0.2) is 11.0 Å². The van der Waals surface area contributed by atoms with Crippen LogP contribution in [-0.2, 0) is 20.4 Å². The van der Waals surface area contributed by atoms with Gasteiger partial charge < -0.3 is 14.4 Å². The van der Waals surface area contributed by atoms with E-state index in [0.717, 1.165) is 12.0 Å². The van der Waals surface area contributed by atoms with Crippen molar-refractivity contribution in [3.8, 4) is 0 Å². The predicted octanol–water partition coefficient (Wildman–Crippen LogP) is 2.13. The summed E-state index contributed by atoms with van der Waals surface area (Å²) in [6.45, 7) is -1.32. The summed E-state index contributed by atoms with van der Waals surface area (Å²) in [6, 6.07) is -1.09. The standard InChI is InChI=1S/C15H17F6N3O4/c1-27-11(25)2-3-28-7-9-4-8(14(16,17)18)6-24(9)10-5-22-23-13(26)12(10)15(19,20)21/h5,8-9H,2-4,6-7H2,1H3,(H,23,26)/t8-,9-/m0/s1. The van der Waals surface area contributed by atoms with Gasteiger partial charge in [-0.15, -0.1) is 0 Å². The number of anilines is 1. The fourth-order valence-electron chi connectivity index (χ4n) is 2.96. The molecule has 0 amide bonds. The second-order valence-corrected chi connectivity index (χ2v) is 6.14. The van der Waals surface area contributed by atoms with Crippen LogP contribution < -0.4 is 10.5 Å². The Balaban J connectivity index is 2.27. The van der Waals surface area contributed by atoms with E-state index in [1.165, 1.54) is 0 Å². The van der Waals surface area contributed by atoms with Crippen LogP contribution in [0.1, 0.15) is 18.4 Å². The third-order valence-corrected chi connectivity index (χ3v) is 4.29. The van der Waals surface area contributed by atoms with Crippen molar-refractivity contribution in [2.45, 2.75) is 31.2 Å². The SMILES string of the molecule is COC(=O)CCOC[C@@H]1C[C@H](C(F)(F)F)CN1c1cn[nH]c(=O)c1C(F)(F)F. The van der Waals surface area contributed by atoms with Crippen molar-refractivity contribution in [3.05, 3.63) is 22.1 Å². The molecule has 1 fully saturated rings. The minimum atomic E-state index is -5.08. The number of methoxy groups -OCH3 is 1. The summed E-state index contributed by atoms with van der Waals surface area (Å²) < 4.78 is 88.8. The van der Waals surface area contributed by atoms with Crippen LogP contribution in [0.4, 0.5) is 32.0 Å². The number of nitrogens with one attached hydrogen (secondary N) is 1. The number of esters is 1. The lowest BCUT2D eigenvalue weighted by Gasteiger charge is -2.28. The van der Waals surface area contributed by atoms with E-state index in [2.05, 4.69) is 9.84 Å². The molecule has 2 rings (SSSR count). The van der Waals surface area contributed by atoms with Gasteiger partial charge in [-0.3, -0.25) is 9.59 Å². The van der Waals surface area contributed by atoms with Crippen LogP contribution in [-0.4, -0.2) is 55.3 Å². The van der Waals surface area contributed by atoms with Gasteiger partial charge in [-0.05, 0) is 6.42 Å². The van der Waals surface area contributed by atoms with E-state index < -0.39 is 60.1 Å². The molecule has 0 unspecified atom stereocenters. The van der Waals surface area contributed by atoms with Gasteiger partial charge in [0.2, 0.25) is 0 Å². The fraction of sp³-hybridized carbons (Fsp3) is 0.667. The molecule has 0 radical (unpaired) electrons. The average Bonchev–Trinajstić information content (AvgIpc) is 3.01. The number of alkyl halides is 6. The predicted molar refractivity (Wildman–Crippen MR) is 82.6 cm³/mol. The number of H-pyrrole nitrogens is 1. The first-order valence-electron chi connectivity index (χ1n) is 8.08. The van der Waals surface area contributed by atoms with Gasteiger partial charge in [0.05, 0.1) is 50.6 Å². The number of hydrogen-bond acceptors (Lipinski definition) is 6. The Morgan fingerprint density at radius 3 is 2.57 bits per heavy atom. The van der Waals surface area contributed by atoms with Crippen molar-refractivity contribution in [1.82, 2.24) is 10.2 Å². The quantitative estimate of drug-likeness (QED) is 0.434. The minimum Gasteiger partial charge on any atom is -0.469 e. The van der Waals surface area contributed by atoms with Crippen LogP contribution in [0.3, 0.4) is 0 Å². The number of aromatic nitrogens is 2. The molecule has 2 heterocycles. The maximum absolute atomic E-state index is 13.3. The highest BCUT2D eigenvalue weighted by Gasteiger charge is 2.49. The Hall–Kier alpha value is -2.31. The Morgan fingerprint density at radius 2 is 2.00 bits per heavy atom. The molecule has 0 spiro atoms. The monoisotopic (exact) mass is 417 g/mol. The summed E-state index contributed by atoms with van der Waals surface area (Å²) in [4.78, 5) is 23.5. The maximum atomic E-state index is 13.3. The Morgan fingerprint density at radius 1 is 1.32 bits per heavy atom. The Bertz CT molecular complexity index is 749. The number of aromatic amines is 1. The van der Waals surface area contributed by atoms with Crippen molar-refractivity contribution in [3.63, 3.8) is 0 Å². The zero-order valence-corrected chi connectivity index (χ0v) is 14.6. The summed E-state index contributed by atoms with van der Waals surface area (Å²) in [5, 5.41) is 4.93. The van der Waals surface area contributed by atoms with Crippen molar-refractivity contribution in [2.24, 2.45) is 5.92 Å². The normalized spacial score (nSPS) is 20.5. The lowest BCUT2D eigenvalue weighted by molar-refractivity contribution is -0.169. The molecule has 7 nitrogen and oxygen atoms in total. The fourth-order valence-corrected chi connectivity index (χ4v) is 2.96. The first-order chi connectivity index (χ1) is 12.9. The molecule has 0 bridgehead atoms. The molecular formula is C15H17F6N3O4. The van der Waals surface area contributed by atoms with E-state index in [-0.39, 0.29) is 19.6 Å². The molecule has 2 atom stereocenters. The van der Waals surface area contributed by atoms with Crippen LogP contribution in [0.25, 0.3) is 0 Å². The third kappa shape index (κ3) is 5.14. The summed E-state index contributed by atoms with van der Waals surface area (Å²) in [7, 11) is 1.15. The Labute approximate surface area is 154 Å². The lowest BCUT2D eigenvalue weighted by Crippen LogP contribution is -2.37. The van der Waals surface area contributed by atoms with Gasteiger partial charge in [-0.2, -0.15) is 31.4 Å². The third-order valence-electron chi connectivity index (χ3n) is 4.29. The Kier molecular flexibility index (Phi) is 6.57. The molecule has 0 aliphatic carbocycles. The second-order valence-electron chi connectivity index (χ2n) is 6.14. The lowest BCUT2D eigenvalue weighted by atomic mass is 10.1. The molecule has 1 N–H and O–H groups in total. The van der Waals surface area contributed by atoms with Gasteiger partial charge in [0.15, 0.2) is 0 Å². The molecule has 1 aromatic heterocycles. The van der Waals surface area contributed by atoms with Crippen molar-refractivity contribution in [2.75, 3.05) is 31.8 Å². The number of rotatable bonds is 6. The van der Waals surface area contributed by atoms with Gasteiger partial charge in [-0.25, -0.2) is 5.10 Å². The van der Waals surface area contributed by atoms with Crippen molar-refractivity contribution in [1.29, 1.82) is 0 Å². The van der Waals surface area contributed by atoms with Crippen molar-refractivity contribution >= 4 is 11.7 Å². The van der Waals surface area contributed by atoms with Crippen LogP contribution >= 0.6 is 0 Å². The first-order valence-corrected chi connectivity index (χ1v) is 8.08. The van der Waals surface area contributed by atoms with Crippen LogP contribution in [0.2, 0.25) is 0 Å². The summed E-state index contributed by atoms with van der Waals surface area (Å²) in [5.41, 5.74) is -3.92. The number of nitrogens with zero attached hydrogens (tertiary/aromatic N) is 2. The minimum absolute atomic E-state index is 0.160. The smallest absolute Gasteiger partial charge is 0.423 e. The molecule has 158 valence electrons. The van der Waals surface area contributed by atoms with E-state index >= 15 is 0 Å². The zero-order chi connectivity index (χ0) is 21.1. The number of hydrogen-bond donors (Lipinski definition) is 1. The van der Waals surface area contributed by atoms with E-state index in [1.807, 2.05) is 0 Å². The number of carbonyl (C=O) groups excluding carboxylic acids is 1. The van der Waals surface area contributed by atoms with Gasteiger partial charge in [0.1, 0.15) is 5.56 Å². The highest BCUT2D eigenvalue weighted by Crippen LogP contribution is 2.41. The van der Waals surface area contributed by atoms with Gasteiger partial charge in [0.25, 0.3) is 5.56 Å². The highest BCUT2D eigenvalue weighted by atomic mass is 19.4. The summed E-state index contributed by atoms with van der Waals surface area (Å²) >= 11 is 0. The number of halogens is 6. The second kappa shape index (κ2) is 8.37. The largest absolute Gasteiger partial charge is 0.469 e. The van der Waals surface area contributed by atoms with E-state index in [9.17, 15) is 35.9 Å². The molecule has 0 aromatic carbocycles. The molecule has 0 saturated carbocycles. The van der Waals surface area contributed by atoms with Gasteiger partial charge in [-0.1, -0.05) is 0 Å². The summed E-state index contributed by atoms with van der Waals surface area (Å²) in [6.07, 6.45) is -9.73. The molecule has 1 aromatic rings. The zero-order valence-electron chi connectivity index (χ0n) is 14.6. The molecule has 1 aliphatic heterocycles. The molecule has 1 aliphatic rings.